The molecule has 104 valence electrons. The molecule has 0 saturated carbocycles. The number of hydrogen-bond acceptors (Lipinski definition) is 5. The van der Waals surface area contributed by atoms with Crippen LogP contribution in [0.3, 0.4) is 0 Å². The summed E-state index contributed by atoms with van der Waals surface area (Å²) in [5.74, 6) is 3.23. The number of hydrogen-bond donors (Lipinski definition) is 1. The van der Waals surface area contributed by atoms with Crippen LogP contribution in [-0.2, 0) is 18.9 Å². The molecule has 0 amide bonds. The Morgan fingerprint density at radius 1 is 1.28 bits per heavy atom. The molecule has 1 rings (SSSR count). The van der Waals surface area contributed by atoms with E-state index in [9.17, 15) is 5.11 Å². The first-order valence-electron chi connectivity index (χ1n) is 5.83. The van der Waals surface area contributed by atoms with Crippen molar-refractivity contribution < 1.29 is 24.1 Å². The highest BCUT2D eigenvalue weighted by molar-refractivity contribution is 5.14. The van der Waals surface area contributed by atoms with E-state index in [1.165, 1.54) is 14.2 Å². The molecule has 0 aromatic heterocycles. The van der Waals surface area contributed by atoms with Crippen LogP contribution in [0, 0.1) is 11.8 Å². The van der Waals surface area contributed by atoms with Gasteiger partial charge in [0.15, 0.2) is 5.60 Å². The van der Waals surface area contributed by atoms with Crippen LogP contribution in [-0.4, -0.2) is 49.2 Å². The molecule has 0 aromatic carbocycles. The second-order valence-electron chi connectivity index (χ2n) is 4.74. The molecule has 0 radical (unpaired) electrons. The van der Waals surface area contributed by atoms with Gasteiger partial charge in [-0.2, -0.15) is 0 Å². The Morgan fingerprint density at radius 2 is 1.83 bits per heavy atom. The zero-order valence-electron chi connectivity index (χ0n) is 11.9. The van der Waals surface area contributed by atoms with Crippen LogP contribution in [0.2, 0.25) is 0 Å². The molecule has 0 unspecified atom stereocenters. The quantitative estimate of drug-likeness (QED) is 0.762. The van der Waals surface area contributed by atoms with E-state index in [1.54, 1.807) is 27.7 Å². The summed E-state index contributed by atoms with van der Waals surface area (Å²) in [5, 5.41) is 10.2. The summed E-state index contributed by atoms with van der Waals surface area (Å²) < 4.78 is 22.2. The first-order chi connectivity index (χ1) is 8.24. The SMILES string of the molecule is CC#C[C@@](C)(O)[C@@H]1CO[C@@](C)(OC)[C@](C)(OC)O1. The predicted octanol–water partition coefficient (Wildman–Crippen LogP) is 0.901. The van der Waals surface area contributed by atoms with E-state index in [0.717, 1.165) is 0 Å². The largest absolute Gasteiger partial charge is 0.375 e. The van der Waals surface area contributed by atoms with Gasteiger partial charge in [0, 0.05) is 14.2 Å². The highest BCUT2D eigenvalue weighted by Gasteiger charge is 2.56. The van der Waals surface area contributed by atoms with Gasteiger partial charge in [-0.25, -0.2) is 0 Å². The minimum atomic E-state index is -1.30. The van der Waals surface area contributed by atoms with E-state index >= 15 is 0 Å². The van der Waals surface area contributed by atoms with Crippen LogP contribution in [0.5, 0.6) is 0 Å². The molecule has 1 N–H and O–H groups in total. The fourth-order valence-corrected chi connectivity index (χ4v) is 1.87. The average Bonchev–Trinajstić information content (AvgIpc) is 2.32. The number of ether oxygens (including phenoxy) is 4. The van der Waals surface area contributed by atoms with E-state index in [2.05, 4.69) is 11.8 Å². The minimum Gasteiger partial charge on any atom is -0.375 e. The van der Waals surface area contributed by atoms with Crippen LogP contribution < -0.4 is 0 Å². The first kappa shape index (κ1) is 15.4. The van der Waals surface area contributed by atoms with Crippen LogP contribution in [0.4, 0.5) is 0 Å². The molecule has 0 bridgehead atoms. The van der Waals surface area contributed by atoms with Gasteiger partial charge in [-0.3, -0.25) is 0 Å². The lowest BCUT2D eigenvalue weighted by atomic mass is 9.97. The Labute approximate surface area is 108 Å². The van der Waals surface area contributed by atoms with Gasteiger partial charge in [0.1, 0.15) is 6.10 Å². The Balaban J connectivity index is 2.98. The van der Waals surface area contributed by atoms with Crippen molar-refractivity contribution in [3.05, 3.63) is 0 Å². The second kappa shape index (κ2) is 5.16. The number of rotatable bonds is 3. The summed E-state index contributed by atoms with van der Waals surface area (Å²) in [6, 6.07) is 0. The second-order valence-corrected chi connectivity index (χ2v) is 4.74. The van der Waals surface area contributed by atoms with Crippen molar-refractivity contribution in [3.8, 4) is 11.8 Å². The third-order valence-corrected chi connectivity index (χ3v) is 3.49. The molecule has 1 saturated heterocycles. The molecule has 1 fully saturated rings. The summed E-state index contributed by atoms with van der Waals surface area (Å²) in [7, 11) is 3.02. The third-order valence-electron chi connectivity index (χ3n) is 3.49. The standard InChI is InChI=1S/C13H22O5/c1-7-8-11(2,14)10-9-17-12(3,15-5)13(4,16-6)18-10/h10,14H,9H2,1-6H3/t10-,11+,12+,13+/m0/s1. The van der Waals surface area contributed by atoms with Gasteiger partial charge >= 0.3 is 0 Å². The van der Waals surface area contributed by atoms with Crippen molar-refractivity contribution in [2.45, 2.75) is 51.0 Å². The normalized spacial score (nSPS) is 39.6. The van der Waals surface area contributed by atoms with Gasteiger partial charge in [-0.1, -0.05) is 5.92 Å². The Bertz CT molecular complexity index is 356. The van der Waals surface area contributed by atoms with Gasteiger partial charge < -0.3 is 24.1 Å². The van der Waals surface area contributed by atoms with Gasteiger partial charge in [0.25, 0.3) is 0 Å². The van der Waals surface area contributed by atoms with Crippen LogP contribution in [0.15, 0.2) is 0 Å². The van der Waals surface area contributed by atoms with E-state index in [4.69, 9.17) is 18.9 Å². The smallest absolute Gasteiger partial charge is 0.220 e. The summed E-state index contributed by atoms with van der Waals surface area (Å²) >= 11 is 0. The number of aliphatic hydroxyl groups is 1. The molecule has 1 heterocycles. The van der Waals surface area contributed by atoms with E-state index in [-0.39, 0.29) is 6.61 Å². The summed E-state index contributed by atoms with van der Waals surface area (Å²) in [5.41, 5.74) is -1.30. The summed E-state index contributed by atoms with van der Waals surface area (Å²) in [4.78, 5) is 0. The molecule has 5 nitrogen and oxygen atoms in total. The molecular formula is C13H22O5. The Kier molecular flexibility index (Phi) is 4.42. The number of methoxy groups -OCH3 is 2. The molecule has 5 heteroatoms. The molecule has 1 aliphatic heterocycles. The predicted molar refractivity (Wildman–Crippen MR) is 65.7 cm³/mol. The first-order valence-corrected chi connectivity index (χ1v) is 5.83. The zero-order valence-corrected chi connectivity index (χ0v) is 11.9. The van der Waals surface area contributed by atoms with E-state index < -0.39 is 23.3 Å². The zero-order chi connectivity index (χ0) is 14.0. The lowest BCUT2D eigenvalue weighted by molar-refractivity contribution is -0.439. The van der Waals surface area contributed by atoms with Crippen molar-refractivity contribution in [3.63, 3.8) is 0 Å². The average molecular weight is 258 g/mol. The molecule has 1 aliphatic rings. The molecule has 0 spiro atoms. The van der Waals surface area contributed by atoms with Crippen molar-refractivity contribution in [2.75, 3.05) is 20.8 Å². The van der Waals surface area contributed by atoms with Crippen LogP contribution >= 0.6 is 0 Å². The highest BCUT2D eigenvalue weighted by atomic mass is 16.8. The third kappa shape index (κ3) is 2.53. The Hall–Kier alpha value is -0.640. The van der Waals surface area contributed by atoms with Crippen molar-refractivity contribution in [1.29, 1.82) is 0 Å². The van der Waals surface area contributed by atoms with Crippen LogP contribution in [0.25, 0.3) is 0 Å². The van der Waals surface area contributed by atoms with Crippen molar-refractivity contribution in [2.24, 2.45) is 0 Å². The van der Waals surface area contributed by atoms with E-state index in [0.29, 0.717) is 0 Å². The maximum atomic E-state index is 10.2. The monoisotopic (exact) mass is 258 g/mol. The fraction of sp³-hybridized carbons (Fsp3) is 0.846. The van der Waals surface area contributed by atoms with Gasteiger partial charge in [-0.15, -0.1) is 5.92 Å². The van der Waals surface area contributed by atoms with Gasteiger partial charge in [-0.05, 0) is 27.7 Å². The fourth-order valence-electron chi connectivity index (χ4n) is 1.87. The van der Waals surface area contributed by atoms with Crippen molar-refractivity contribution in [1.82, 2.24) is 0 Å². The molecule has 18 heavy (non-hydrogen) atoms. The lowest BCUT2D eigenvalue weighted by Crippen LogP contribution is -2.65. The highest BCUT2D eigenvalue weighted by Crippen LogP contribution is 2.38. The molecule has 0 aliphatic carbocycles. The van der Waals surface area contributed by atoms with Crippen LogP contribution in [0.1, 0.15) is 27.7 Å². The maximum Gasteiger partial charge on any atom is 0.220 e. The Morgan fingerprint density at radius 3 is 2.28 bits per heavy atom. The molecule has 0 aromatic rings. The van der Waals surface area contributed by atoms with Crippen molar-refractivity contribution >= 4 is 0 Å². The van der Waals surface area contributed by atoms with E-state index in [1.807, 2.05) is 0 Å². The summed E-state index contributed by atoms with van der Waals surface area (Å²) in [6.07, 6.45) is -0.613. The van der Waals surface area contributed by atoms with Gasteiger partial charge in [0.2, 0.25) is 11.6 Å². The van der Waals surface area contributed by atoms with Gasteiger partial charge in [0.05, 0.1) is 6.61 Å². The maximum absolute atomic E-state index is 10.2. The topological polar surface area (TPSA) is 57.2 Å². The molecular weight excluding hydrogens is 236 g/mol. The lowest BCUT2D eigenvalue weighted by Gasteiger charge is -2.50. The molecule has 4 atom stereocenters. The summed E-state index contributed by atoms with van der Waals surface area (Å²) in [6.45, 7) is 6.85. The minimum absolute atomic E-state index is 0.172.